The number of ether oxygens (including phenoxy) is 2. The maximum absolute atomic E-state index is 5.82. The molecule has 0 atom stereocenters. The molecule has 2 aromatic carbocycles. The Morgan fingerprint density at radius 3 is 2.38 bits per heavy atom. The van der Waals surface area contributed by atoms with Gasteiger partial charge in [-0.05, 0) is 50.1 Å². The van der Waals surface area contributed by atoms with Gasteiger partial charge >= 0.3 is 0 Å². The van der Waals surface area contributed by atoms with Crippen molar-refractivity contribution in [2.24, 2.45) is 0 Å². The van der Waals surface area contributed by atoms with E-state index in [9.17, 15) is 0 Å². The molecule has 0 fully saturated rings. The van der Waals surface area contributed by atoms with Crippen molar-refractivity contribution in [3.8, 4) is 11.5 Å². The number of unbranched alkanes of at least 4 members (excludes halogenated alkanes) is 4. The van der Waals surface area contributed by atoms with E-state index in [2.05, 4.69) is 42.6 Å². The number of anilines is 1. The summed E-state index contributed by atoms with van der Waals surface area (Å²) in [7, 11) is 0. The fourth-order valence-electron chi connectivity index (χ4n) is 2.75. The third-order valence-electron chi connectivity index (χ3n) is 4.14. The summed E-state index contributed by atoms with van der Waals surface area (Å²) in [5.41, 5.74) is 2.30. The van der Waals surface area contributed by atoms with Crippen molar-refractivity contribution in [3.05, 3.63) is 54.1 Å². The fourth-order valence-corrected chi connectivity index (χ4v) is 2.75. The number of hydrogen-bond donors (Lipinski definition) is 1. The minimum absolute atomic E-state index is 0.185. The molecule has 1 N–H and O–H groups in total. The van der Waals surface area contributed by atoms with Crippen molar-refractivity contribution in [2.45, 2.75) is 65.5 Å². The van der Waals surface area contributed by atoms with Crippen LogP contribution in [0.4, 0.5) is 5.69 Å². The molecule has 0 aromatic heterocycles. The van der Waals surface area contributed by atoms with Gasteiger partial charge in [0.2, 0.25) is 0 Å². The Bertz CT molecular complexity index is 622. The van der Waals surface area contributed by atoms with Crippen LogP contribution in [0.1, 0.15) is 58.4 Å². The van der Waals surface area contributed by atoms with Gasteiger partial charge in [-0.25, -0.2) is 0 Å². The summed E-state index contributed by atoms with van der Waals surface area (Å²) in [5, 5.41) is 3.45. The lowest BCUT2D eigenvalue weighted by atomic mass is 10.2. The molecule has 0 heterocycles. The molecule has 0 radical (unpaired) electrons. The third kappa shape index (κ3) is 7.81. The van der Waals surface area contributed by atoms with Gasteiger partial charge in [-0.3, -0.25) is 0 Å². The molecule has 2 aromatic rings. The molecule has 3 heteroatoms. The van der Waals surface area contributed by atoms with E-state index in [-0.39, 0.29) is 6.10 Å². The summed E-state index contributed by atoms with van der Waals surface area (Å²) in [5.74, 6) is 1.85. The van der Waals surface area contributed by atoms with Crippen molar-refractivity contribution in [2.75, 3.05) is 11.9 Å². The first-order valence-electron chi connectivity index (χ1n) is 9.89. The highest BCUT2D eigenvalue weighted by Crippen LogP contribution is 2.20. The molecule has 0 saturated carbocycles. The topological polar surface area (TPSA) is 30.5 Å². The summed E-state index contributed by atoms with van der Waals surface area (Å²) in [6, 6.07) is 16.4. The van der Waals surface area contributed by atoms with Crippen LogP contribution in [0.25, 0.3) is 0 Å². The number of benzene rings is 2. The highest BCUT2D eigenvalue weighted by molar-refractivity contribution is 5.48. The van der Waals surface area contributed by atoms with Crippen LogP contribution in [0.5, 0.6) is 11.5 Å². The van der Waals surface area contributed by atoms with Gasteiger partial charge in [-0.2, -0.15) is 0 Å². The maximum Gasteiger partial charge on any atom is 0.121 e. The maximum atomic E-state index is 5.82. The molecule has 26 heavy (non-hydrogen) atoms. The predicted molar refractivity (Wildman–Crippen MR) is 110 cm³/mol. The molecule has 0 saturated heterocycles. The van der Waals surface area contributed by atoms with Crippen LogP contribution < -0.4 is 14.8 Å². The summed E-state index contributed by atoms with van der Waals surface area (Å²) >= 11 is 0. The van der Waals surface area contributed by atoms with Gasteiger partial charge in [0.15, 0.2) is 0 Å². The first-order chi connectivity index (χ1) is 12.7. The molecule has 0 amide bonds. The molecular formula is C23H33NO2. The van der Waals surface area contributed by atoms with E-state index in [1.54, 1.807) is 0 Å². The quantitative estimate of drug-likeness (QED) is 0.445. The highest BCUT2D eigenvalue weighted by atomic mass is 16.5. The van der Waals surface area contributed by atoms with E-state index in [4.69, 9.17) is 9.47 Å². The Kier molecular flexibility index (Phi) is 8.88. The van der Waals surface area contributed by atoms with Crippen molar-refractivity contribution >= 4 is 5.69 Å². The standard InChI is InChI=1S/C23H33NO2/c1-4-5-6-7-8-16-25-22-14-12-20(13-15-22)18-24-21-10-9-11-23(17-21)26-19(2)3/h9-15,17,19,24H,4-8,16,18H2,1-3H3. The zero-order valence-electron chi connectivity index (χ0n) is 16.5. The van der Waals surface area contributed by atoms with Gasteiger partial charge in [-0.1, -0.05) is 50.8 Å². The van der Waals surface area contributed by atoms with Crippen molar-refractivity contribution in [1.82, 2.24) is 0 Å². The van der Waals surface area contributed by atoms with Gasteiger partial charge in [0.25, 0.3) is 0 Å². The van der Waals surface area contributed by atoms with Gasteiger partial charge in [0, 0.05) is 18.3 Å². The molecule has 0 spiro atoms. The molecule has 0 aliphatic heterocycles. The average molecular weight is 356 g/mol. The highest BCUT2D eigenvalue weighted by Gasteiger charge is 2.00. The van der Waals surface area contributed by atoms with Gasteiger partial charge < -0.3 is 14.8 Å². The second-order valence-corrected chi connectivity index (χ2v) is 6.95. The van der Waals surface area contributed by atoms with E-state index >= 15 is 0 Å². The number of rotatable bonds is 12. The van der Waals surface area contributed by atoms with Gasteiger partial charge in [0.05, 0.1) is 12.7 Å². The second kappa shape index (κ2) is 11.5. The lowest BCUT2D eigenvalue weighted by Gasteiger charge is -2.12. The Morgan fingerprint density at radius 2 is 1.65 bits per heavy atom. The van der Waals surface area contributed by atoms with E-state index in [0.717, 1.165) is 36.8 Å². The van der Waals surface area contributed by atoms with E-state index < -0.39 is 0 Å². The largest absolute Gasteiger partial charge is 0.494 e. The Morgan fingerprint density at radius 1 is 0.885 bits per heavy atom. The summed E-state index contributed by atoms with van der Waals surface area (Å²) < 4.78 is 11.6. The van der Waals surface area contributed by atoms with E-state index in [1.165, 1.54) is 31.2 Å². The van der Waals surface area contributed by atoms with Crippen LogP contribution >= 0.6 is 0 Å². The van der Waals surface area contributed by atoms with Crippen LogP contribution in [-0.2, 0) is 6.54 Å². The lowest BCUT2D eigenvalue weighted by molar-refractivity contribution is 0.242. The molecule has 2 rings (SSSR count). The molecule has 0 aliphatic rings. The van der Waals surface area contributed by atoms with Crippen molar-refractivity contribution < 1.29 is 9.47 Å². The molecule has 142 valence electrons. The first-order valence-corrected chi connectivity index (χ1v) is 9.89. The van der Waals surface area contributed by atoms with E-state index in [1.807, 2.05) is 32.0 Å². The Hall–Kier alpha value is -2.16. The van der Waals surface area contributed by atoms with Crippen LogP contribution in [0, 0.1) is 0 Å². The summed E-state index contributed by atoms with van der Waals surface area (Å²) in [6.07, 6.45) is 6.51. The minimum Gasteiger partial charge on any atom is -0.494 e. The Balaban J connectivity index is 1.73. The fraction of sp³-hybridized carbons (Fsp3) is 0.478. The second-order valence-electron chi connectivity index (χ2n) is 6.95. The number of hydrogen-bond acceptors (Lipinski definition) is 3. The minimum atomic E-state index is 0.185. The van der Waals surface area contributed by atoms with Crippen LogP contribution in [0.2, 0.25) is 0 Å². The van der Waals surface area contributed by atoms with Crippen molar-refractivity contribution in [1.29, 1.82) is 0 Å². The van der Waals surface area contributed by atoms with Crippen LogP contribution in [-0.4, -0.2) is 12.7 Å². The monoisotopic (exact) mass is 355 g/mol. The normalized spacial score (nSPS) is 10.8. The smallest absolute Gasteiger partial charge is 0.121 e. The van der Waals surface area contributed by atoms with Gasteiger partial charge in [-0.15, -0.1) is 0 Å². The third-order valence-corrected chi connectivity index (χ3v) is 4.14. The molecule has 0 bridgehead atoms. The summed E-state index contributed by atoms with van der Waals surface area (Å²) in [4.78, 5) is 0. The number of nitrogens with one attached hydrogen (secondary N) is 1. The van der Waals surface area contributed by atoms with Gasteiger partial charge in [0.1, 0.15) is 11.5 Å². The van der Waals surface area contributed by atoms with E-state index in [0.29, 0.717) is 0 Å². The SMILES string of the molecule is CCCCCCCOc1ccc(CNc2cccc(OC(C)C)c2)cc1. The van der Waals surface area contributed by atoms with Crippen molar-refractivity contribution in [3.63, 3.8) is 0 Å². The van der Waals surface area contributed by atoms with Crippen LogP contribution in [0.15, 0.2) is 48.5 Å². The summed E-state index contributed by atoms with van der Waals surface area (Å²) in [6.45, 7) is 7.90. The molecular weight excluding hydrogens is 322 g/mol. The molecule has 3 nitrogen and oxygen atoms in total. The zero-order chi connectivity index (χ0) is 18.6. The molecule has 0 aliphatic carbocycles. The zero-order valence-corrected chi connectivity index (χ0v) is 16.5. The Labute approximate surface area is 158 Å². The van der Waals surface area contributed by atoms with Crippen LogP contribution in [0.3, 0.4) is 0 Å². The first kappa shape index (κ1) is 20.2. The average Bonchev–Trinajstić information content (AvgIpc) is 2.64. The predicted octanol–water partition coefficient (Wildman–Crippen LogP) is 6.44. The lowest BCUT2D eigenvalue weighted by Crippen LogP contribution is -2.06. The molecule has 0 unspecified atom stereocenters.